The molecule has 0 atom stereocenters. The molecular weight excluding hydrogens is 417 g/mol. The van der Waals surface area contributed by atoms with Crippen molar-refractivity contribution < 1.29 is 29.2 Å². The number of allylic oxidation sites excluding steroid dienone is 2. The number of hydrogen-bond donors (Lipinski definition) is 0. The molecule has 3 rings (SSSR count). The van der Waals surface area contributed by atoms with Crippen molar-refractivity contribution in [2.24, 2.45) is 0 Å². The van der Waals surface area contributed by atoms with E-state index < -0.39 is 0 Å². The molecule has 0 heterocycles. The van der Waals surface area contributed by atoms with E-state index in [1.165, 1.54) is 27.8 Å². The molecule has 3 nitrogen and oxygen atoms in total. The second-order valence-corrected chi connectivity index (χ2v) is 6.66. The minimum Gasteiger partial charge on any atom is -0.147 e. The fraction of sp³-hybridized carbons (Fsp3) is 0.238. The molecular formula is C21H24Cl2NO2Ti. The van der Waals surface area contributed by atoms with Gasteiger partial charge in [-0.25, -0.2) is 0 Å². The molecule has 0 spiro atoms. The van der Waals surface area contributed by atoms with E-state index in [4.69, 9.17) is 8.36 Å². The first-order valence-electron chi connectivity index (χ1n) is 8.37. The number of benzene rings is 2. The summed E-state index contributed by atoms with van der Waals surface area (Å²) < 4.78 is 4.80. The van der Waals surface area contributed by atoms with Crippen molar-refractivity contribution in [3.63, 3.8) is 0 Å². The first kappa shape index (κ1) is 24.1. The molecule has 0 bridgehead atoms. The van der Waals surface area contributed by atoms with Crippen LogP contribution < -0.4 is 0 Å². The fourth-order valence-electron chi connectivity index (χ4n) is 3.31. The van der Waals surface area contributed by atoms with Crippen molar-refractivity contribution in [3.05, 3.63) is 77.4 Å². The standard InChI is InChI=1S/C21H23NO2.2ClH.Ti/c1-22(2)14-16-9-7-13-18(16)20-11-5-6-12-21(20)19-10-4-3-8-17(19)15-24-23;;;/h3-12,23H,13-15H2,1-2H3;2*1H;/q;;;+1/p-1. The maximum Gasteiger partial charge on any atom is -0.147 e. The monoisotopic (exact) mass is 440 g/mol. The molecule has 0 aliphatic heterocycles. The Hall–Kier alpha value is -0.906. The minimum absolute atomic E-state index is 0. The van der Waals surface area contributed by atoms with Gasteiger partial charge in [0.2, 0.25) is 0 Å². The van der Waals surface area contributed by atoms with Crippen LogP contribution in [-0.4, -0.2) is 25.5 Å². The molecule has 143 valence electrons. The van der Waals surface area contributed by atoms with Gasteiger partial charge in [-0.2, -0.15) is 0 Å². The Labute approximate surface area is 186 Å². The Morgan fingerprint density at radius 1 is 0.926 bits per heavy atom. The van der Waals surface area contributed by atoms with Crippen LogP contribution in [0.15, 0.2) is 66.3 Å². The molecule has 0 unspecified atom stereocenters. The average Bonchev–Trinajstić information content (AvgIpc) is 3.07. The van der Waals surface area contributed by atoms with Gasteiger partial charge < -0.3 is 0 Å². The fourth-order valence-corrected chi connectivity index (χ4v) is 3.40. The largest absolute Gasteiger partial charge is 0.147 e. The molecule has 2 aromatic rings. The molecule has 0 saturated heterocycles. The molecule has 0 aromatic heterocycles. The predicted molar refractivity (Wildman–Crippen MR) is 111 cm³/mol. The molecule has 1 aliphatic rings. The molecule has 2 aromatic carbocycles. The second kappa shape index (κ2) is 11.8. The Morgan fingerprint density at radius 3 is 2.22 bits per heavy atom. The third-order valence-corrected chi connectivity index (χ3v) is 4.53. The van der Waals surface area contributed by atoms with Gasteiger partial charge >= 0.3 is 162 Å². The van der Waals surface area contributed by atoms with Gasteiger partial charge in [0.1, 0.15) is 0 Å². The van der Waals surface area contributed by atoms with Crippen LogP contribution in [0.3, 0.4) is 0 Å². The van der Waals surface area contributed by atoms with E-state index in [9.17, 15) is 0 Å². The molecule has 0 radical (unpaired) electrons. The van der Waals surface area contributed by atoms with Crippen molar-refractivity contribution in [1.82, 2.24) is 4.90 Å². The van der Waals surface area contributed by atoms with Gasteiger partial charge in [0, 0.05) is 0 Å². The van der Waals surface area contributed by atoms with Crippen molar-refractivity contribution in [3.8, 4) is 11.1 Å². The summed E-state index contributed by atoms with van der Waals surface area (Å²) in [5.41, 5.74) is 7.66. The average molecular weight is 441 g/mol. The molecule has 1 aliphatic carbocycles. The van der Waals surface area contributed by atoms with Crippen LogP contribution in [-0.2, 0) is 35.8 Å². The van der Waals surface area contributed by atoms with Gasteiger partial charge in [-0.3, -0.25) is 0 Å². The van der Waals surface area contributed by atoms with Gasteiger partial charge in [0.25, 0.3) is 0 Å². The normalized spacial score (nSPS) is 12.8. The number of nitrogens with zero attached hydrogens (tertiary/aromatic N) is 1. The summed E-state index contributed by atoms with van der Waals surface area (Å²) in [6, 6.07) is 17.0. The van der Waals surface area contributed by atoms with E-state index in [-0.39, 0.29) is 24.8 Å². The zero-order valence-corrected chi connectivity index (χ0v) is 18.7. The molecule has 0 fully saturated rings. The van der Waals surface area contributed by atoms with E-state index in [0.717, 1.165) is 18.5 Å². The smallest absolute Gasteiger partial charge is 0.147 e. The quantitative estimate of drug-likeness (QED) is 0.327. The summed E-state index contributed by atoms with van der Waals surface area (Å²) in [5, 5.41) is 0. The third kappa shape index (κ3) is 6.03. The maximum atomic E-state index is 5.19. The minimum atomic E-state index is 0. The number of rotatable bonds is 7. The molecule has 0 N–H and O–H groups in total. The van der Waals surface area contributed by atoms with E-state index in [1.807, 2.05) is 6.07 Å². The van der Waals surface area contributed by atoms with Crippen LogP contribution in [0.2, 0.25) is 0 Å². The van der Waals surface area contributed by atoms with E-state index in [0.29, 0.717) is 6.61 Å². The predicted octanol–water partition coefficient (Wildman–Crippen LogP) is 5.38. The zero-order valence-electron chi connectivity index (χ0n) is 15.5. The Morgan fingerprint density at radius 2 is 1.56 bits per heavy atom. The SMILES string of the molecule is CN(C)CC1=C(c2ccccc2-c2ccccc2CO[O][Ti])CC=C1.Cl.Cl. The number of hydrogen-bond acceptors (Lipinski definition) is 3. The molecule has 27 heavy (non-hydrogen) atoms. The van der Waals surface area contributed by atoms with E-state index in [2.05, 4.69) is 73.6 Å². The second-order valence-electron chi connectivity index (χ2n) is 6.40. The third-order valence-electron chi connectivity index (χ3n) is 4.35. The molecule has 0 amide bonds. The van der Waals surface area contributed by atoms with Crippen LogP contribution in [0.5, 0.6) is 0 Å². The van der Waals surface area contributed by atoms with E-state index >= 15 is 0 Å². The first-order valence-corrected chi connectivity index (χ1v) is 9.00. The van der Waals surface area contributed by atoms with Gasteiger partial charge in [0.05, 0.1) is 0 Å². The van der Waals surface area contributed by atoms with Crippen LogP contribution in [0.4, 0.5) is 0 Å². The molecule has 0 saturated carbocycles. The number of likely N-dealkylation sites (N-methyl/N-ethyl adjacent to an activating group) is 1. The maximum absolute atomic E-state index is 5.19. The summed E-state index contributed by atoms with van der Waals surface area (Å²) in [7, 11) is 4.22. The van der Waals surface area contributed by atoms with E-state index in [1.54, 1.807) is 20.8 Å². The van der Waals surface area contributed by atoms with Crippen LogP contribution in [0.25, 0.3) is 16.7 Å². The Kier molecular flexibility index (Phi) is 10.6. The van der Waals surface area contributed by atoms with Crippen LogP contribution >= 0.6 is 24.8 Å². The Balaban J connectivity index is 0.00000182. The summed E-state index contributed by atoms with van der Waals surface area (Å²) in [6.45, 7) is 1.39. The summed E-state index contributed by atoms with van der Waals surface area (Å²) >= 11 is 1.54. The van der Waals surface area contributed by atoms with Crippen molar-refractivity contribution >= 4 is 30.4 Å². The summed E-state index contributed by atoms with van der Waals surface area (Å²) in [6.07, 6.45) is 5.49. The summed E-state index contributed by atoms with van der Waals surface area (Å²) in [5.74, 6) is 0. The van der Waals surface area contributed by atoms with Gasteiger partial charge in [-0.1, -0.05) is 0 Å². The zero-order chi connectivity index (χ0) is 17.6. The Bertz CT molecular complexity index is 806. The summed E-state index contributed by atoms with van der Waals surface area (Å²) in [4.78, 5) is 7.41. The van der Waals surface area contributed by atoms with Crippen molar-refractivity contribution in [2.45, 2.75) is 13.0 Å². The van der Waals surface area contributed by atoms with Crippen molar-refractivity contribution in [2.75, 3.05) is 20.6 Å². The first-order chi connectivity index (χ1) is 12.2. The number of halogens is 2. The van der Waals surface area contributed by atoms with Gasteiger partial charge in [0.15, 0.2) is 0 Å². The van der Waals surface area contributed by atoms with Crippen molar-refractivity contribution in [1.29, 1.82) is 0 Å². The van der Waals surface area contributed by atoms with Gasteiger partial charge in [-0.15, -0.1) is 24.8 Å². The topological polar surface area (TPSA) is 21.7 Å². The molecule has 6 heteroatoms. The van der Waals surface area contributed by atoms with Crippen LogP contribution in [0, 0.1) is 0 Å². The van der Waals surface area contributed by atoms with Crippen LogP contribution in [0.1, 0.15) is 17.5 Å². The van der Waals surface area contributed by atoms with Gasteiger partial charge in [-0.05, 0) is 0 Å².